The number of likely N-dealkylation sites (N-methyl/N-ethyl adjacent to an activating group) is 1. The second-order valence-corrected chi connectivity index (χ2v) is 5.07. The lowest BCUT2D eigenvalue weighted by Crippen LogP contribution is -2.54. The summed E-state index contributed by atoms with van der Waals surface area (Å²) in [6.07, 6.45) is -0.725. The Balaban J connectivity index is 2.27. The Morgan fingerprint density at radius 1 is 1.62 bits per heavy atom. The van der Waals surface area contributed by atoms with Gasteiger partial charge in [-0.15, -0.1) is 0 Å². The number of morpholine rings is 1. The van der Waals surface area contributed by atoms with Crippen molar-refractivity contribution in [2.45, 2.75) is 26.0 Å². The molecule has 116 valence electrons. The molecule has 0 bridgehead atoms. The van der Waals surface area contributed by atoms with Gasteiger partial charge in [-0.2, -0.15) is 0 Å². The molecule has 1 aliphatic rings. The fourth-order valence-electron chi connectivity index (χ4n) is 2.42. The maximum Gasteiger partial charge on any atom is 0.245 e. The van der Waals surface area contributed by atoms with Gasteiger partial charge in [-0.1, -0.05) is 6.07 Å². The van der Waals surface area contributed by atoms with Crippen molar-refractivity contribution in [2.75, 3.05) is 31.2 Å². The average molecular weight is 296 g/mol. The normalized spacial score (nSPS) is 20.2. The van der Waals surface area contributed by atoms with Crippen LogP contribution in [0.1, 0.15) is 25.5 Å². The summed E-state index contributed by atoms with van der Waals surface area (Å²) in [5.41, 5.74) is 0.873. The Morgan fingerprint density at radius 3 is 3.00 bits per heavy atom. The first-order valence-electron chi connectivity index (χ1n) is 7.14. The summed E-state index contributed by atoms with van der Waals surface area (Å²) in [5.74, 6) is -0.610. The largest absolute Gasteiger partial charge is 0.389 e. The lowest BCUT2D eigenvalue weighted by Gasteiger charge is -2.36. The maximum atomic E-state index is 14.3. The number of rotatable bonds is 4. The molecule has 1 aromatic carbocycles. The van der Waals surface area contributed by atoms with Crippen LogP contribution in [0.15, 0.2) is 18.2 Å². The van der Waals surface area contributed by atoms with E-state index in [9.17, 15) is 14.3 Å². The topological polar surface area (TPSA) is 61.8 Å². The van der Waals surface area contributed by atoms with Crippen LogP contribution in [0, 0.1) is 5.82 Å². The summed E-state index contributed by atoms with van der Waals surface area (Å²) < 4.78 is 19.6. The fraction of sp³-hybridized carbons (Fsp3) is 0.533. The molecule has 2 rings (SSSR count). The van der Waals surface area contributed by atoms with Crippen molar-refractivity contribution < 1.29 is 19.0 Å². The van der Waals surface area contributed by atoms with Gasteiger partial charge in [0.25, 0.3) is 0 Å². The van der Waals surface area contributed by atoms with E-state index in [0.717, 1.165) is 0 Å². The molecule has 1 unspecified atom stereocenters. The average Bonchev–Trinajstić information content (AvgIpc) is 2.47. The lowest BCUT2D eigenvalue weighted by molar-refractivity contribution is -0.124. The van der Waals surface area contributed by atoms with Crippen molar-refractivity contribution in [2.24, 2.45) is 0 Å². The quantitative estimate of drug-likeness (QED) is 0.877. The highest BCUT2D eigenvalue weighted by Crippen LogP contribution is 2.26. The van der Waals surface area contributed by atoms with Gasteiger partial charge in [-0.05, 0) is 31.5 Å². The number of nitrogens with zero attached hydrogens (tertiary/aromatic N) is 1. The van der Waals surface area contributed by atoms with Crippen LogP contribution in [0.25, 0.3) is 0 Å². The van der Waals surface area contributed by atoms with Crippen LogP contribution in [-0.2, 0) is 9.53 Å². The van der Waals surface area contributed by atoms with Gasteiger partial charge in [-0.25, -0.2) is 4.39 Å². The number of halogens is 1. The van der Waals surface area contributed by atoms with Crippen molar-refractivity contribution >= 4 is 11.6 Å². The minimum Gasteiger partial charge on any atom is -0.389 e. The molecule has 0 aromatic heterocycles. The van der Waals surface area contributed by atoms with E-state index in [-0.39, 0.29) is 12.5 Å². The summed E-state index contributed by atoms with van der Waals surface area (Å²) in [6.45, 7) is 5.08. The zero-order chi connectivity index (χ0) is 15.4. The monoisotopic (exact) mass is 296 g/mol. The zero-order valence-electron chi connectivity index (χ0n) is 12.3. The maximum absolute atomic E-state index is 14.3. The van der Waals surface area contributed by atoms with Crippen molar-refractivity contribution in [1.82, 2.24) is 5.32 Å². The Hall–Kier alpha value is -1.66. The summed E-state index contributed by atoms with van der Waals surface area (Å²) in [4.78, 5) is 13.8. The molecule has 0 aliphatic carbocycles. The highest BCUT2D eigenvalue weighted by atomic mass is 19.1. The van der Waals surface area contributed by atoms with Crippen molar-refractivity contribution in [3.8, 4) is 0 Å². The first-order valence-corrected chi connectivity index (χ1v) is 7.14. The molecule has 6 heteroatoms. The van der Waals surface area contributed by atoms with E-state index in [4.69, 9.17) is 4.74 Å². The predicted molar refractivity (Wildman–Crippen MR) is 77.7 cm³/mol. The Morgan fingerprint density at radius 2 is 2.38 bits per heavy atom. The summed E-state index contributed by atoms with van der Waals surface area (Å²) in [6, 6.07) is 4.05. The smallest absolute Gasteiger partial charge is 0.245 e. The molecule has 0 radical (unpaired) electrons. The number of hydrogen-bond donors (Lipinski definition) is 2. The van der Waals surface area contributed by atoms with Crippen molar-refractivity contribution in [3.05, 3.63) is 29.6 Å². The van der Waals surface area contributed by atoms with Gasteiger partial charge in [-0.3, -0.25) is 4.79 Å². The van der Waals surface area contributed by atoms with Crippen LogP contribution in [0.4, 0.5) is 10.1 Å². The molecule has 1 fully saturated rings. The van der Waals surface area contributed by atoms with Gasteiger partial charge < -0.3 is 20.1 Å². The third-order valence-electron chi connectivity index (χ3n) is 3.55. The van der Waals surface area contributed by atoms with Gasteiger partial charge in [0.05, 0.1) is 25.0 Å². The van der Waals surface area contributed by atoms with Crippen LogP contribution in [-0.4, -0.2) is 43.4 Å². The predicted octanol–water partition coefficient (Wildman–Crippen LogP) is 1.22. The van der Waals surface area contributed by atoms with Gasteiger partial charge in [0.15, 0.2) is 0 Å². The van der Waals surface area contributed by atoms with Crippen LogP contribution in [0.5, 0.6) is 0 Å². The number of aliphatic hydroxyl groups is 1. The standard InChI is InChI=1S/C15H21FN2O3/c1-3-17-15(20)14-9-21-7-6-18(14)13-5-4-11(10(2)19)8-12(13)16/h4-5,8,10,14,19H,3,6-7,9H2,1-2H3,(H,17,20)/t10-,14?/m1/s1. The van der Waals surface area contributed by atoms with E-state index in [1.165, 1.54) is 6.07 Å². The molecular weight excluding hydrogens is 275 g/mol. The second-order valence-electron chi connectivity index (χ2n) is 5.07. The third-order valence-corrected chi connectivity index (χ3v) is 3.55. The molecule has 21 heavy (non-hydrogen) atoms. The minimum absolute atomic E-state index is 0.170. The first kappa shape index (κ1) is 15.7. The van der Waals surface area contributed by atoms with Crippen molar-refractivity contribution in [3.63, 3.8) is 0 Å². The second kappa shape index (κ2) is 6.87. The summed E-state index contributed by atoms with van der Waals surface area (Å²) in [7, 11) is 0. The number of benzene rings is 1. The number of anilines is 1. The summed E-state index contributed by atoms with van der Waals surface area (Å²) in [5, 5.41) is 12.2. The number of nitrogens with one attached hydrogen (secondary N) is 1. The van der Waals surface area contributed by atoms with Crippen LogP contribution < -0.4 is 10.2 Å². The zero-order valence-corrected chi connectivity index (χ0v) is 12.3. The van der Waals surface area contributed by atoms with E-state index in [1.807, 2.05) is 6.92 Å². The molecule has 2 atom stereocenters. The van der Waals surface area contributed by atoms with Gasteiger partial charge in [0.2, 0.25) is 5.91 Å². The number of ether oxygens (including phenoxy) is 1. The number of amides is 1. The highest BCUT2D eigenvalue weighted by molar-refractivity contribution is 5.85. The lowest BCUT2D eigenvalue weighted by atomic mass is 10.1. The molecule has 2 N–H and O–H groups in total. The molecule has 0 saturated carbocycles. The Bertz CT molecular complexity index is 508. The minimum atomic E-state index is -0.725. The van der Waals surface area contributed by atoms with E-state index in [1.54, 1.807) is 24.0 Å². The SMILES string of the molecule is CCNC(=O)C1COCCN1c1ccc([C@@H](C)O)cc1F. The molecule has 1 saturated heterocycles. The van der Waals surface area contributed by atoms with Crippen LogP contribution in [0.3, 0.4) is 0 Å². The fourth-order valence-corrected chi connectivity index (χ4v) is 2.42. The number of carbonyl (C=O) groups excluding carboxylic acids is 1. The number of aliphatic hydroxyl groups excluding tert-OH is 1. The third kappa shape index (κ3) is 3.51. The van der Waals surface area contributed by atoms with Gasteiger partial charge in [0.1, 0.15) is 11.9 Å². The molecule has 1 aromatic rings. The number of carbonyl (C=O) groups is 1. The Kier molecular flexibility index (Phi) is 5.14. The molecule has 5 nitrogen and oxygen atoms in total. The first-order chi connectivity index (χ1) is 10.0. The van der Waals surface area contributed by atoms with Gasteiger partial charge in [0, 0.05) is 13.1 Å². The molecule has 1 heterocycles. The molecule has 0 spiro atoms. The van der Waals surface area contributed by atoms with Crippen LogP contribution >= 0.6 is 0 Å². The van der Waals surface area contributed by atoms with Crippen LogP contribution in [0.2, 0.25) is 0 Å². The summed E-state index contributed by atoms with van der Waals surface area (Å²) >= 11 is 0. The molecule has 1 aliphatic heterocycles. The van der Waals surface area contributed by atoms with Gasteiger partial charge >= 0.3 is 0 Å². The van der Waals surface area contributed by atoms with E-state index >= 15 is 0 Å². The highest BCUT2D eigenvalue weighted by Gasteiger charge is 2.30. The number of hydrogen-bond acceptors (Lipinski definition) is 4. The Labute approximate surface area is 123 Å². The van der Waals surface area contributed by atoms with Crippen molar-refractivity contribution in [1.29, 1.82) is 0 Å². The van der Waals surface area contributed by atoms with E-state index in [2.05, 4.69) is 5.32 Å². The van der Waals surface area contributed by atoms with E-state index < -0.39 is 18.0 Å². The molecular formula is C15H21FN2O3. The van der Waals surface area contributed by atoms with E-state index in [0.29, 0.717) is 30.9 Å². The molecule has 1 amide bonds.